The molecule has 3 N–H and O–H groups in total. The highest BCUT2D eigenvalue weighted by atomic mass is 127. The van der Waals surface area contributed by atoms with E-state index in [1.54, 1.807) is 12.1 Å². The number of halogens is 2. The second kappa shape index (κ2) is 12.5. The van der Waals surface area contributed by atoms with Gasteiger partial charge in [-0.25, -0.2) is 4.99 Å². The number of ether oxygens (including phenoxy) is 1. The number of nitrogens with one attached hydrogen (secondary N) is 2. The summed E-state index contributed by atoms with van der Waals surface area (Å²) >= 11 is 6.02. The second-order valence-corrected chi connectivity index (χ2v) is 7.89. The summed E-state index contributed by atoms with van der Waals surface area (Å²) in [7, 11) is 0. The van der Waals surface area contributed by atoms with Gasteiger partial charge in [-0.05, 0) is 26.0 Å². The van der Waals surface area contributed by atoms with Crippen LogP contribution >= 0.6 is 35.6 Å². The molecule has 2 aromatic rings. The summed E-state index contributed by atoms with van der Waals surface area (Å²) in [5.41, 5.74) is -0.122. The fourth-order valence-electron chi connectivity index (χ4n) is 3.12. The zero-order valence-electron chi connectivity index (χ0n) is 17.8. The van der Waals surface area contributed by atoms with Crippen LogP contribution in [0.2, 0.25) is 5.02 Å². The predicted octanol–water partition coefficient (Wildman–Crippen LogP) is 2.15. The molecule has 1 aliphatic heterocycles. The quantitative estimate of drug-likeness (QED) is 0.254. The molecule has 1 fully saturated rings. The van der Waals surface area contributed by atoms with E-state index in [-0.39, 0.29) is 30.5 Å². The number of hydrogen-bond acceptors (Lipinski definition) is 7. The minimum atomic E-state index is -0.905. The maximum absolute atomic E-state index is 10.7. The number of β-amino-alcohol motifs (C(OH)–C–C–N with tert-alkyl or cyclic N) is 1. The van der Waals surface area contributed by atoms with Gasteiger partial charge >= 0.3 is 0 Å². The molecule has 1 aromatic heterocycles. The molecule has 11 heteroatoms. The van der Waals surface area contributed by atoms with Crippen molar-refractivity contribution in [1.29, 1.82) is 0 Å². The lowest BCUT2D eigenvalue weighted by molar-refractivity contribution is -0.0201. The van der Waals surface area contributed by atoms with E-state index in [1.165, 1.54) is 0 Å². The molecule has 31 heavy (non-hydrogen) atoms. The van der Waals surface area contributed by atoms with E-state index in [0.717, 1.165) is 18.7 Å². The summed E-state index contributed by atoms with van der Waals surface area (Å²) in [5.74, 6) is 1.43. The lowest BCUT2D eigenvalue weighted by Crippen LogP contribution is -2.52. The van der Waals surface area contributed by atoms with Crippen molar-refractivity contribution in [1.82, 2.24) is 25.7 Å². The standard InChI is InChI=1S/C20H29ClN6O3.HI/c1-3-22-19(24-13-20(2,28)14-27-7-9-29-10-8-27)23-12-17-25-18(26-30-17)15-5-4-6-16(21)11-15;/h4-6,11,28H,3,7-10,12-14H2,1-2H3,(H2,22,23,24);1H. The maximum Gasteiger partial charge on any atom is 0.248 e. The van der Waals surface area contributed by atoms with E-state index in [9.17, 15) is 5.11 Å². The molecule has 1 atom stereocenters. The van der Waals surface area contributed by atoms with E-state index < -0.39 is 5.60 Å². The Morgan fingerprint density at radius 3 is 2.81 bits per heavy atom. The van der Waals surface area contributed by atoms with Gasteiger partial charge in [0.1, 0.15) is 6.54 Å². The Labute approximate surface area is 204 Å². The van der Waals surface area contributed by atoms with Gasteiger partial charge in [0.15, 0.2) is 5.96 Å². The van der Waals surface area contributed by atoms with Gasteiger partial charge in [-0.15, -0.1) is 24.0 Å². The Morgan fingerprint density at radius 2 is 2.10 bits per heavy atom. The van der Waals surface area contributed by atoms with Crippen LogP contribution in [0.4, 0.5) is 0 Å². The number of aliphatic imine (C=N–C) groups is 1. The molecule has 1 unspecified atom stereocenters. The minimum absolute atomic E-state index is 0. The smallest absolute Gasteiger partial charge is 0.248 e. The van der Waals surface area contributed by atoms with Crippen molar-refractivity contribution in [2.45, 2.75) is 26.0 Å². The Morgan fingerprint density at radius 1 is 1.32 bits per heavy atom. The number of morpholine rings is 1. The van der Waals surface area contributed by atoms with E-state index in [4.69, 9.17) is 20.9 Å². The van der Waals surface area contributed by atoms with Gasteiger partial charge in [0.2, 0.25) is 11.7 Å². The molecule has 1 saturated heterocycles. The molecule has 0 spiro atoms. The molecule has 172 valence electrons. The molecule has 3 rings (SSSR count). The van der Waals surface area contributed by atoms with Crippen LogP contribution in [-0.4, -0.2) is 77.6 Å². The zero-order valence-corrected chi connectivity index (χ0v) is 20.9. The molecule has 1 aliphatic rings. The van der Waals surface area contributed by atoms with Crippen LogP contribution in [0.1, 0.15) is 19.7 Å². The van der Waals surface area contributed by atoms with Crippen LogP contribution in [0.15, 0.2) is 33.8 Å². The predicted molar refractivity (Wildman–Crippen MR) is 131 cm³/mol. The van der Waals surface area contributed by atoms with Crippen LogP contribution in [-0.2, 0) is 11.3 Å². The zero-order chi connectivity index (χ0) is 21.4. The summed E-state index contributed by atoms with van der Waals surface area (Å²) in [6.45, 7) is 8.69. The number of benzene rings is 1. The second-order valence-electron chi connectivity index (χ2n) is 7.46. The first-order chi connectivity index (χ1) is 14.4. The molecule has 0 aliphatic carbocycles. The Kier molecular flexibility index (Phi) is 10.4. The molecule has 0 bridgehead atoms. The lowest BCUT2D eigenvalue weighted by Gasteiger charge is -2.34. The normalized spacial score (nSPS) is 17.0. The molecular formula is C20H30ClIN6O3. The fraction of sp³-hybridized carbons (Fsp3) is 0.550. The van der Waals surface area contributed by atoms with E-state index in [1.807, 2.05) is 26.0 Å². The Balaban J connectivity index is 0.00000341. The molecular weight excluding hydrogens is 535 g/mol. The van der Waals surface area contributed by atoms with E-state index in [0.29, 0.717) is 55.5 Å². The van der Waals surface area contributed by atoms with Crippen LogP contribution in [0.5, 0.6) is 0 Å². The van der Waals surface area contributed by atoms with Gasteiger partial charge in [0.05, 0.1) is 18.8 Å². The monoisotopic (exact) mass is 564 g/mol. The van der Waals surface area contributed by atoms with Crippen LogP contribution in [0, 0.1) is 0 Å². The van der Waals surface area contributed by atoms with Gasteiger partial charge in [-0.1, -0.05) is 28.9 Å². The molecule has 9 nitrogen and oxygen atoms in total. The number of rotatable bonds is 8. The number of guanidine groups is 1. The third-order valence-corrected chi connectivity index (χ3v) is 4.81. The van der Waals surface area contributed by atoms with Crippen molar-refractivity contribution < 1.29 is 14.4 Å². The van der Waals surface area contributed by atoms with E-state index >= 15 is 0 Å². The van der Waals surface area contributed by atoms with Gasteiger partial charge in [-0.2, -0.15) is 4.98 Å². The first kappa shape index (κ1) is 25.8. The van der Waals surface area contributed by atoms with Gasteiger partial charge in [-0.3, -0.25) is 4.90 Å². The van der Waals surface area contributed by atoms with Crippen molar-refractivity contribution in [3.8, 4) is 11.4 Å². The number of nitrogens with zero attached hydrogens (tertiary/aromatic N) is 4. The van der Waals surface area contributed by atoms with E-state index in [2.05, 4.69) is 30.7 Å². The summed E-state index contributed by atoms with van der Waals surface area (Å²) in [6, 6.07) is 7.27. The highest BCUT2D eigenvalue weighted by Crippen LogP contribution is 2.20. The summed E-state index contributed by atoms with van der Waals surface area (Å²) in [5, 5.41) is 21.7. The lowest BCUT2D eigenvalue weighted by atomic mass is 10.1. The first-order valence-corrected chi connectivity index (χ1v) is 10.5. The SMILES string of the molecule is CCNC(=NCc1nc(-c2cccc(Cl)c2)no1)NCC(C)(O)CN1CCOCC1.I. The Bertz CT molecular complexity index is 842. The summed E-state index contributed by atoms with van der Waals surface area (Å²) < 4.78 is 10.7. The highest BCUT2D eigenvalue weighted by Gasteiger charge is 2.25. The van der Waals surface area contributed by atoms with Gasteiger partial charge in [0.25, 0.3) is 0 Å². The number of aliphatic hydroxyl groups is 1. The highest BCUT2D eigenvalue weighted by molar-refractivity contribution is 14.0. The summed E-state index contributed by atoms with van der Waals surface area (Å²) in [6.07, 6.45) is 0. The molecule has 0 radical (unpaired) electrons. The third-order valence-electron chi connectivity index (χ3n) is 4.57. The number of hydrogen-bond donors (Lipinski definition) is 3. The Hall–Kier alpha value is -1.47. The fourth-order valence-corrected chi connectivity index (χ4v) is 3.31. The number of aromatic nitrogens is 2. The molecule has 2 heterocycles. The van der Waals surface area contributed by atoms with Crippen molar-refractivity contribution in [2.75, 3.05) is 45.9 Å². The maximum atomic E-state index is 10.7. The van der Waals surface area contributed by atoms with Crippen LogP contribution in [0.25, 0.3) is 11.4 Å². The topological polar surface area (TPSA) is 108 Å². The van der Waals surface area contributed by atoms with Crippen molar-refractivity contribution in [2.24, 2.45) is 4.99 Å². The summed E-state index contributed by atoms with van der Waals surface area (Å²) in [4.78, 5) is 11.1. The van der Waals surface area contributed by atoms with Crippen molar-refractivity contribution in [3.63, 3.8) is 0 Å². The van der Waals surface area contributed by atoms with Gasteiger partial charge in [0, 0.05) is 43.3 Å². The van der Waals surface area contributed by atoms with Crippen molar-refractivity contribution >= 4 is 41.5 Å². The van der Waals surface area contributed by atoms with Crippen LogP contribution in [0.3, 0.4) is 0 Å². The third kappa shape index (κ3) is 8.53. The average Bonchev–Trinajstić information content (AvgIpc) is 3.20. The molecule has 0 saturated carbocycles. The van der Waals surface area contributed by atoms with Crippen LogP contribution < -0.4 is 10.6 Å². The average molecular weight is 565 g/mol. The van der Waals surface area contributed by atoms with Gasteiger partial charge < -0.3 is 25.0 Å². The molecule has 0 amide bonds. The van der Waals surface area contributed by atoms with Crippen molar-refractivity contribution in [3.05, 3.63) is 35.2 Å². The largest absolute Gasteiger partial charge is 0.387 e. The molecule has 1 aromatic carbocycles. The first-order valence-electron chi connectivity index (χ1n) is 10.1. The minimum Gasteiger partial charge on any atom is -0.387 e.